The zero-order chi connectivity index (χ0) is 15.0. The van der Waals surface area contributed by atoms with Crippen LogP contribution < -0.4 is 0 Å². The highest BCUT2D eigenvalue weighted by Gasteiger charge is 2.24. The Bertz CT molecular complexity index is 662. The van der Waals surface area contributed by atoms with Crippen molar-refractivity contribution in [1.82, 2.24) is 19.7 Å². The van der Waals surface area contributed by atoms with Gasteiger partial charge in [-0.15, -0.1) is 0 Å². The van der Waals surface area contributed by atoms with Crippen molar-refractivity contribution in [2.24, 2.45) is 7.05 Å². The Kier molecular flexibility index (Phi) is 4.49. The van der Waals surface area contributed by atoms with E-state index in [4.69, 9.17) is 16.6 Å². The molecule has 1 aliphatic carbocycles. The van der Waals surface area contributed by atoms with Gasteiger partial charge >= 0.3 is 0 Å². The van der Waals surface area contributed by atoms with Crippen molar-refractivity contribution in [3.05, 3.63) is 26.3 Å². The predicted octanol–water partition coefficient (Wildman–Crippen LogP) is 4.36. The minimum atomic E-state index is 0.526. The molecule has 0 bridgehead atoms. The molecule has 4 nitrogen and oxygen atoms in total. The molecule has 6 heteroatoms. The van der Waals surface area contributed by atoms with Crippen molar-refractivity contribution in [2.75, 3.05) is 0 Å². The molecule has 0 aliphatic heterocycles. The maximum atomic E-state index is 6.36. The second-order valence-corrected chi connectivity index (χ2v) is 6.97. The van der Waals surface area contributed by atoms with E-state index in [9.17, 15) is 0 Å². The molecule has 1 aliphatic rings. The number of hydrogen-bond donors (Lipinski definition) is 0. The van der Waals surface area contributed by atoms with Gasteiger partial charge in [0, 0.05) is 19.2 Å². The van der Waals surface area contributed by atoms with Gasteiger partial charge in [0.15, 0.2) is 5.82 Å². The van der Waals surface area contributed by atoms with Crippen molar-refractivity contribution in [1.29, 1.82) is 0 Å². The van der Waals surface area contributed by atoms with Crippen LogP contribution in [-0.4, -0.2) is 19.7 Å². The molecule has 0 aromatic carbocycles. The zero-order valence-electron chi connectivity index (χ0n) is 12.2. The Balaban J connectivity index is 2.10. The lowest BCUT2D eigenvalue weighted by Crippen LogP contribution is -2.05. The third-order valence-corrected chi connectivity index (χ3v) is 5.72. The minimum absolute atomic E-state index is 0.526. The van der Waals surface area contributed by atoms with E-state index in [0.29, 0.717) is 16.9 Å². The summed E-state index contributed by atoms with van der Waals surface area (Å²) in [5.74, 6) is 1.24. The Morgan fingerprint density at radius 2 is 2.05 bits per heavy atom. The van der Waals surface area contributed by atoms with Crippen LogP contribution in [0.5, 0.6) is 0 Å². The fourth-order valence-electron chi connectivity index (χ4n) is 3.01. The molecule has 2 heterocycles. The Morgan fingerprint density at radius 3 is 2.71 bits per heavy atom. The first kappa shape index (κ1) is 15.2. The minimum Gasteiger partial charge on any atom is -0.275 e. The smallest absolute Gasteiger partial charge is 0.164 e. The predicted molar refractivity (Wildman–Crippen MR) is 92.5 cm³/mol. The number of nitrogens with zero attached hydrogens (tertiary/aromatic N) is 4. The van der Waals surface area contributed by atoms with E-state index in [0.717, 1.165) is 26.9 Å². The van der Waals surface area contributed by atoms with Crippen molar-refractivity contribution in [2.45, 2.75) is 44.9 Å². The second kappa shape index (κ2) is 6.20. The molecule has 112 valence electrons. The summed E-state index contributed by atoms with van der Waals surface area (Å²) in [5, 5.41) is 5.04. The van der Waals surface area contributed by atoms with Gasteiger partial charge in [-0.2, -0.15) is 5.10 Å². The average Bonchev–Trinajstić information content (AvgIpc) is 3.10. The van der Waals surface area contributed by atoms with E-state index < -0.39 is 0 Å². The lowest BCUT2D eigenvalue weighted by molar-refractivity contribution is 0.690. The quantitative estimate of drug-likeness (QED) is 0.552. The molecule has 3 rings (SSSR count). The molecule has 0 saturated heterocycles. The standard InChI is InChI=1S/C15H18ClIN4/c1-3-11-10(8-21(2)20-11)15-18-13(9-6-4-5-7-9)12(17)14(16)19-15/h8-9H,3-7H2,1-2H3. The molecular formula is C15H18ClIN4. The molecule has 2 aromatic rings. The van der Waals surface area contributed by atoms with Crippen molar-refractivity contribution >= 4 is 34.2 Å². The van der Waals surface area contributed by atoms with Crippen LogP contribution in [0, 0.1) is 3.57 Å². The molecule has 21 heavy (non-hydrogen) atoms. The first-order valence-corrected chi connectivity index (χ1v) is 8.81. The monoisotopic (exact) mass is 416 g/mol. The summed E-state index contributed by atoms with van der Waals surface area (Å²) in [5.41, 5.74) is 3.14. The summed E-state index contributed by atoms with van der Waals surface area (Å²) in [7, 11) is 1.93. The van der Waals surface area contributed by atoms with E-state index in [-0.39, 0.29) is 0 Å². The maximum absolute atomic E-state index is 6.36. The summed E-state index contributed by atoms with van der Waals surface area (Å²) in [6, 6.07) is 0. The number of aryl methyl sites for hydroxylation is 2. The number of aromatic nitrogens is 4. The van der Waals surface area contributed by atoms with Crippen molar-refractivity contribution < 1.29 is 0 Å². The number of halogens is 2. The second-order valence-electron chi connectivity index (χ2n) is 5.54. The number of hydrogen-bond acceptors (Lipinski definition) is 3. The van der Waals surface area contributed by atoms with E-state index >= 15 is 0 Å². The van der Waals surface area contributed by atoms with Crippen molar-refractivity contribution in [3.63, 3.8) is 0 Å². The van der Waals surface area contributed by atoms with Gasteiger partial charge in [0.2, 0.25) is 0 Å². The van der Waals surface area contributed by atoms with Gasteiger partial charge in [0.05, 0.1) is 20.5 Å². The third kappa shape index (κ3) is 2.95. The molecule has 0 unspecified atom stereocenters. The van der Waals surface area contributed by atoms with Gasteiger partial charge in [0.1, 0.15) is 5.15 Å². The van der Waals surface area contributed by atoms with Crippen molar-refractivity contribution in [3.8, 4) is 11.4 Å². The first-order chi connectivity index (χ1) is 10.1. The molecule has 0 atom stereocenters. The summed E-state index contributed by atoms with van der Waals surface area (Å²) in [4.78, 5) is 9.34. The molecule has 1 saturated carbocycles. The lowest BCUT2D eigenvalue weighted by Gasteiger charge is -2.13. The topological polar surface area (TPSA) is 43.6 Å². The SMILES string of the molecule is CCc1nn(C)cc1-c1nc(Cl)c(I)c(C2CCCC2)n1. The van der Waals surface area contributed by atoms with Gasteiger partial charge in [-0.05, 0) is 41.9 Å². The normalized spacial score (nSPS) is 15.8. The van der Waals surface area contributed by atoms with Gasteiger partial charge in [-0.1, -0.05) is 31.4 Å². The van der Waals surface area contributed by atoms with E-state index in [1.54, 1.807) is 0 Å². The first-order valence-electron chi connectivity index (χ1n) is 7.36. The van der Waals surface area contributed by atoms with E-state index in [1.807, 2.05) is 17.9 Å². The van der Waals surface area contributed by atoms with Crippen LogP contribution >= 0.6 is 34.2 Å². The maximum Gasteiger partial charge on any atom is 0.164 e. The van der Waals surface area contributed by atoms with Gasteiger partial charge in [0.25, 0.3) is 0 Å². The van der Waals surface area contributed by atoms with Gasteiger partial charge < -0.3 is 0 Å². The molecule has 0 amide bonds. The Labute approximate surface area is 143 Å². The fraction of sp³-hybridized carbons (Fsp3) is 0.533. The largest absolute Gasteiger partial charge is 0.275 e. The van der Waals surface area contributed by atoms with Crippen LogP contribution in [0.25, 0.3) is 11.4 Å². The third-order valence-electron chi connectivity index (χ3n) is 4.06. The Hall–Kier alpha value is -0.690. The van der Waals surface area contributed by atoms with Crippen LogP contribution in [0.3, 0.4) is 0 Å². The van der Waals surface area contributed by atoms with Crippen LogP contribution in [-0.2, 0) is 13.5 Å². The van der Waals surface area contributed by atoms with Crippen LogP contribution in [0.4, 0.5) is 0 Å². The highest BCUT2D eigenvalue weighted by atomic mass is 127. The highest BCUT2D eigenvalue weighted by molar-refractivity contribution is 14.1. The molecule has 0 spiro atoms. The summed E-state index contributed by atoms with van der Waals surface area (Å²) < 4.78 is 2.82. The van der Waals surface area contributed by atoms with Gasteiger partial charge in [-0.25, -0.2) is 9.97 Å². The molecule has 1 fully saturated rings. The summed E-state index contributed by atoms with van der Waals surface area (Å²) in [6.07, 6.45) is 7.82. The summed E-state index contributed by atoms with van der Waals surface area (Å²) >= 11 is 8.64. The Morgan fingerprint density at radius 1 is 1.33 bits per heavy atom. The van der Waals surface area contributed by atoms with Crippen LogP contribution in [0.1, 0.15) is 49.9 Å². The van der Waals surface area contributed by atoms with Crippen LogP contribution in [0.15, 0.2) is 6.20 Å². The molecule has 0 N–H and O–H groups in total. The zero-order valence-corrected chi connectivity index (χ0v) is 15.1. The molecule has 0 radical (unpaired) electrons. The molecule has 2 aromatic heterocycles. The number of rotatable bonds is 3. The lowest BCUT2D eigenvalue weighted by atomic mass is 10.0. The highest BCUT2D eigenvalue weighted by Crippen LogP contribution is 2.38. The fourth-order valence-corrected chi connectivity index (χ4v) is 3.87. The van der Waals surface area contributed by atoms with Gasteiger partial charge in [-0.3, -0.25) is 4.68 Å². The van der Waals surface area contributed by atoms with Crippen LogP contribution in [0.2, 0.25) is 5.15 Å². The van der Waals surface area contributed by atoms with E-state index in [1.165, 1.54) is 25.7 Å². The molecular weight excluding hydrogens is 399 g/mol. The summed E-state index contributed by atoms with van der Waals surface area (Å²) in [6.45, 7) is 2.10. The average molecular weight is 417 g/mol. The van der Waals surface area contributed by atoms with E-state index in [2.05, 4.69) is 39.6 Å².